The highest BCUT2D eigenvalue weighted by Gasteiger charge is 2.29. The number of likely N-dealkylation sites (tertiary alicyclic amines) is 1. The summed E-state index contributed by atoms with van der Waals surface area (Å²) in [5, 5.41) is 0. The largest absolute Gasteiger partial charge is 0.445 e. The SMILES string of the molecule is Cc1cc(C(=O)N2CCC[C@@H](c3ncc(Cc4ccccc4)o3)C2)nc(N2CCCCC2)n1. The first-order chi connectivity index (χ1) is 16.2. The Hall–Kier alpha value is -3.22. The first-order valence-corrected chi connectivity index (χ1v) is 12.0. The van der Waals surface area contributed by atoms with Gasteiger partial charge >= 0.3 is 0 Å². The molecule has 2 aliphatic rings. The van der Waals surface area contributed by atoms with E-state index in [0.717, 1.165) is 69.1 Å². The number of oxazole rings is 1. The number of carbonyl (C=O) groups is 1. The molecule has 3 aromatic rings. The molecule has 0 spiro atoms. The van der Waals surface area contributed by atoms with E-state index < -0.39 is 0 Å². The lowest BCUT2D eigenvalue weighted by Crippen LogP contribution is -2.40. The Bertz CT molecular complexity index is 1090. The lowest BCUT2D eigenvalue weighted by atomic mass is 9.97. The first kappa shape index (κ1) is 21.6. The molecule has 0 radical (unpaired) electrons. The molecule has 0 N–H and O–H groups in total. The summed E-state index contributed by atoms with van der Waals surface area (Å²) in [7, 11) is 0. The Morgan fingerprint density at radius 1 is 1.06 bits per heavy atom. The van der Waals surface area contributed by atoms with E-state index in [1.165, 1.54) is 12.0 Å². The van der Waals surface area contributed by atoms with E-state index in [1.54, 1.807) is 0 Å². The average Bonchev–Trinajstić information content (AvgIpc) is 3.33. The predicted octanol–water partition coefficient (Wildman–Crippen LogP) is 4.37. The number of anilines is 1. The van der Waals surface area contributed by atoms with Crippen LogP contribution in [-0.4, -0.2) is 51.9 Å². The van der Waals surface area contributed by atoms with Gasteiger partial charge in [-0.05, 0) is 50.7 Å². The third kappa shape index (κ3) is 5.07. The number of nitrogens with zero attached hydrogens (tertiary/aromatic N) is 5. The molecule has 0 unspecified atom stereocenters. The normalized spacial score (nSPS) is 19.0. The molecule has 2 aromatic heterocycles. The van der Waals surface area contributed by atoms with Gasteiger partial charge in [0.05, 0.1) is 12.1 Å². The van der Waals surface area contributed by atoms with Crippen LogP contribution in [0.25, 0.3) is 0 Å². The molecule has 5 rings (SSSR count). The molecule has 172 valence electrons. The molecule has 7 heteroatoms. The molecule has 2 aliphatic heterocycles. The van der Waals surface area contributed by atoms with Gasteiger partial charge in [0.25, 0.3) is 5.91 Å². The third-order valence-corrected chi connectivity index (χ3v) is 6.55. The molecular weight excluding hydrogens is 414 g/mol. The number of aryl methyl sites for hydroxylation is 1. The van der Waals surface area contributed by atoms with Crippen LogP contribution in [0.3, 0.4) is 0 Å². The second kappa shape index (κ2) is 9.73. The highest BCUT2D eigenvalue weighted by atomic mass is 16.4. The Balaban J connectivity index is 1.28. The van der Waals surface area contributed by atoms with Crippen LogP contribution in [0.15, 0.2) is 47.0 Å². The van der Waals surface area contributed by atoms with Crippen molar-refractivity contribution in [3.05, 3.63) is 71.2 Å². The summed E-state index contributed by atoms with van der Waals surface area (Å²) in [6.45, 7) is 5.18. The van der Waals surface area contributed by atoms with Gasteiger partial charge in [-0.2, -0.15) is 0 Å². The molecule has 1 aromatic carbocycles. The fraction of sp³-hybridized carbons (Fsp3) is 0.462. The van der Waals surface area contributed by atoms with Crippen molar-refractivity contribution >= 4 is 11.9 Å². The van der Waals surface area contributed by atoms with E-state index in [4.69, 9.17) is 4.42 Å². The number of amides is 1. The maximum Gasteiger partial charge on any atom is 0.272 e. The standard InChI is InChI=1S/C26H31N5O2/c1-19-15-23(29-26(28-19)30-12-6-3-7-13-30)25(32)31-14-8-11-21(18-31)24-27-17-22(33-24)16-20-9-4-2-5-10-20/h2,4-5,9-10,15,17,21H,3,6-8,11-14,16,18H2,1H3/t21-/m1/s1. The third-order valence-electron chi connectivity index (χ3n) is 6.55. The van der Waals surface area contributed by atoms with Crippen LogP contribution < -0.4 is 4.90 Å². The van der Waals surface area contributed by atoms with E-state index in [0.29, 0.717) is 18.2 Å². The number of hydrogen-bond donors (Lipinski definition) is 0. The summed E-state index contributed by atoms with van der Waals surface area (Å²) in [6, 6.07) is 12.1. The topological polar surface area (TPSA) is 75.4 Å². The van der Waals surface area contributed by atoms with E-state index in [1.807, 2.05) is 42.3 Å². The summed E-state index contributed by atoms with van der Waals surface area (Å²) in [4.78, 5) is 31.3. The van der Waals surface area contributed by atoms with Crippen molar-refractivity contribution in [3.8, 4) is 0 Å². The second-order valence-electron chi connectivity index (χ2n) is 9.16. The van der Waals surface area contributed by atoms with Crippen LogP contribution in [0.1, 0.15) is 71.4 Å². The zero-order valence-electron chi connectivity index (χ0n) is 19.2. The van der Waals surface area contributed by atoms with Crippen LogP contribution in [0, 0.1) is 6.92 Å². The Morgan fingerprint density at radius 2 is 1.88 bits per heavy atom. The van der Waals surface area contributed by atoms with Gasteiger partial charge < -0.3 is 14.2 Å². The fourth-order valence-electron chi connectivity index (χ4n) is 4.81. The monoisotopic (exact) mass is 445 g/mol. The Labute approximate surface area is 194 Å². The molecule has 0 saturated carbocycles. The van der Waals surface area contributed by atoms with E-state index in [2.05, 4.69) is 32.0 Å². The molecule has 0 bridgehead atoms. The van der Waals surface area contributed by atoms with E-state index in [9.17, 15) is 4.79 Å². The Morgan fingerprint density at radius 3 is 2.70 bits per heavy atom. The Kier molecular flexibility index (Phi) is 6.37. The molecule has 2 fully saturated rings. The quantitative estimate of drug-likeness (QED) is 0.580. The van der Waals surface area contributed by atoms with Crippen molar-refractivity contribution in [2.45, 2.75) is 51.4 Å². The van der Waals surface area contributed by atoms with Gasteiger partial charge in [0, 0.05) is 38.3 Å². The maximum absolute atomic E-state index is 13.4. The van der Waals surface area contributed by atoms with E-state index >= 15 is 0 Å². The highest BCUT2D eigenvalue weighted by molar-refractivity contribution is 5.92. The van der Waals surface area contributed by atoms with Crippen molar-refractivity contribution in [1.82, 2.24) is 19.9 Å². The summed E-state index contributed by atoms with van der Waals surface area (Å²) in [5.74, 6) is 2.35. The fourth-order valence-corrected chi connectivity index (χ4v) is 4.81. The number of hydrogen-bond acceptors (Lipinski definition) is 6. The van der Waals surface area contributed by atoms with Gasteiger partial charge in [-0.15, -0.1) is 0 Å². The molecule has 4 heterocycles. The van der Waals surface area contributed by atoms with Crippen LogP contribution in [0.4, 0.5) is 5.95 Å². The van der Waals surface area contributed by atoms with Crippen molar-refractivity contribution in [3.63, 3.8) is 0 Å². The molecule has 7 nitrogen and oxygen atoms in total. The van der Waals surface area contributed by atoms with Crippen LogP contribution in [0.5, 0.6) is 0 Å². The summed E-state index contributed by atoms with van der Waals surface area (Å²) < 4.78 is 6.10. The minimum atomic E-state index is -0.0282. The second-order valence-corrected chi connectivity index (χ2v) is 9.16. The van der Waals surface area contributed by atoms with Gasteiger partial charge in [-0.1, -0.05) is 30.3 Å². The van der Waals surface area contributed by atoms with Gasteiger partial charge in [0.15, 0.2) is 5.89 Å². The molecule has 33 heavy (non-hydrogen) atoms. The number of carbonyl (C=O) groups excluding carboxylic acids is 1. The van der Waals surface area contributed by atoms with Crippen LogP contribution >= 0.6 is 0 Å². The number of benzene rings is 1. The molecule has 1 atom stereocenters. The van der Waals surface area contributed by atoms with Crippen molar-refractivity contribution in [2.24, 2.45) is 0 Å². The van der Waals surface area contributed by atoms with Crippen molar-refractivity contribution in [2.75, 3.05) is 31.1 Å². The number of aromatic nitrogens is 3. The van der Waals surface area contributed by atoms with Gasteiger partial charge in [0.1, 0.15) is 11.5 Å². The highest BCUT2D eigenvalue weighted by Crippen LogP contribution is 2.28. The molecule has 2 saturated heterocycles. The average molecular weight is 446 g/mol. The van der Waals surface area contributed by atoms with Crippen molar-refractivity contribution < 1.29 is 9.21 Å². The number of piperidine rings is 2. The van der Waals surface area contributed by atoms with Crippen LogP contribution in [-0.2, 0) is 6.42 Å². The first-order valence-electron chi connectivity index (χ1n) is 12.0. The zero-order chi connectivity index (χ0) is 22.6. The summed E-state index contributed by atoms with van der Waals surface area (Å²) >= 11 is 0. The van der Waals surface area contributed by atoms with Crippen molar-refractivity contribution in [1.29, 1.82) is 0 Å². The lowest BCUT2D eigenvalue weighted by molar-refractivity contribution is 0.0691. The predicted molar refractivity (Wildman–Crippen MR) is 126 cm³/mol. The van der Waals surface area contributed by atoms with Gasteiger partial charge in [0.2, 0.25) is 5.95 Å². The molecule has 1 amide bonds. The summed E-state index contributed by atoms with van der Waals surface area (Å²) in [6.07, 6.45) is 7.99. The minimum absolute atomic E-state index is 0.0282. The van der Waals surface area contributed by atoms with Crippen LogP contribution in [0.2, 0.25) is 0 Å². The zero-order valence-corrected chi connectivity index (χ0v) is 19.2. The summed E-state index contributed by atoms with van der Waals surface area (Å²) in [5.41, 5.74) is 2.52. The number of rotatable bonds is 5. The molecular formula is C26H31N5O2. The molecule has 0 aliphatic carbocycles. The lowest BCUT2D eigenvalue weighted by Gasteiger charge is -2.31. The van der Waals surface area contributed by atoms with Gasteiger partial charge in [-0.25, -0.2) is 15.0 Å². The van der Waals surface area contributed by atoms with Gasteiger partial charge in [-0.3, -0.25) is 4.79 Å². The maximum atomic E-state index is 13.4. The minimum Gasteiger partial charge on any atom is -0.445 e. The smallest absolute Gasteiger partial charge is 0.272 e. The van der Waals surface area contributed by atoms with E-state index in [-0.39, 0.29) is 11.8 Å².